The third kappa shape index (κ3) is 1.34. The molecule has 2 saturated heterocycles. The second-order valence-corrected chi connectivity index (χ2v) is 7.10. The Bertz CT molecular complexity index is 420. The van der Waals surface area contributed by atoms with Crippen LogP contribution in [0.15, 0.2) is 0 Å². The van der Waals surface area contributed by atoms with Crippen LogP contribution in [-0.4, -0.2) is 22.7 Å². The zero-order chi connectivity index (χ0) is 13.3. The van der Waals surface area contributed by atoms with E-state index in [1.807, 2.05) is 0 Å². The summed E-state index contributed by atoms with van der Waals surface area (Å²) in [5.41, 5.74) is -0.837. The molecule has 0 aromatic heterocycles. The summed E-state index contributed by atoms with van der Waals surface area (Å²) in [6, 6.07) is 0. The second kappa shape index (κ2) is 3.53. The predicted octanol–water partition coefficient (Wildman–Crippen LogP) is 2.91. The molecule has 106 valence electrons. The van der Waals surface area contributed by atoms with Gasteiger partial charge in [-0.25, -0.2) is 0 Å². The zero-order valence-corrected chi connectivity index (χ0v) is 11.5. The number of hydrogen-bond donors (Lipinski definition) is 1. The lowest BCUT2D eigenvalue weighted by Crippen LogP contribution is -2.41. The van der Waals surface area contributed by atoms with Crippen molar-refractivity contribution < 1.29 is 19.4 Å². The minimum Gasteiger partial charge on any atom is -0.481 e. The van der Waals surface area contributed by atoms with E-state index in [4.69, 9.17) is 9.47 Å². The third-order valence-electron chi connectivity index (χ3n) is 6.04. The van der Waals surface area contributed by atoms with Gasteiger partial charge in [0, 0.05) is 5.92 Å². The van der Waals surface area contributed by atoms with Crippen LogP contribution in [0.3, 0.4) is 0 Å². The molecule has 1 N–H and O–H groups in total. The number of carboxylic acids is 1. The summed E-state index contributed by atoms with van der Waals surface area (Å²) in [4.78, 5) is 11.5. The van der Waals surface area contributed by atoms with Crippen molar-refractivity contribution in [1.82, 2.24) is 0 Å². The van der Waals surface area contributed by atoms with Gasteiger partial charge in [-0.15, -0.1) is 0 Å². The molecule has 0 spiro atoms. The highest BCUT2D eigenvalue weighted by atomic mass is 17.1. The monoisotopic (exact) mass is 266 g/mol. The molecule has 4 aliphatic rings. The Morgan fingerprint density at radius 1 is 1.21 bits per heavy atom. The van der Waals surface area contributed by atoms with E-state index in [-0.39, 0.29) is 0 Å². The van der Waals surface area contributed by atoms with Crippen molar-refractivity contribution in [2.24, 2.45) is 17.3 Å². The van der Waals surface area contributed by atoms with E-state index < -0.39 is 23.0 Å². The molecule has 0 amide bonds. The Kier molecular flexibility index (Phi) is 2.26. The maximum atomic E-state index is 11.5. The van der Waals surface area contributed by atoms with Crippen LogP contribution in [0.4, 0.5) is 0 Å². The van der Waals surface area contributed by atoms with Crippen molar-refractivity contribution >= 4 is 5.97 Å². The highest BCUT2D eigenvalue weighted by Gasteiger charge is 3.00. The Morgan fingerprint density at radius 2 is 1.89 bits per heavy atom. The lowest BCUT2D eigenvalue weighted by atomic mass is 9.69. The number of hydrogen-bond acceptors (Lipinski definition) is 3. The van der Waals surface area contributed by atoms with Crippen molar-refractivity contribution in [3.63, 3.8) is 0 Å². The average Bonchev–Trinajstić information content (AvgIpc) is 3.21. The molecular formula is C15H22O4. The summed E-state index contributed by atoms with van der Waals surface area (Å²) in [6.45, 7) is 1.78. The number of epoxide rings is 2. The minimum absolute atomic E-state index is 0.419. The first-order valence-electron chi connectivity index (χ1n) is 7.68. The summed E-state index contributed by atoms with van der Waals surface area (Å²) in [6.07, 6.45) is 9.51. The summed E-state index contributed by atoms with van der Waals surface area (Å²) < 4.78 is 11.5. The first-order valence-corrected chi connectivity index (χ1v) is 7.68. The van der Waals surface area contributed by atoms with Gasteiger partial charge in [-0.2, -0.15) is 0 Å². The molecule has 4 fully saturated rings. The van der Waals surface area contributed by atoms with Crippen LogP contribution >= 0.6 is 0 Å². The van der Waals surface area contributed by atoms with Gasteiger partial charge in [0.05, 0.1) is 0 Å². The largest absolute Gasteiger partial charge is 0.481 e. The van der Waals surface area contributed by atoms with Crippen LogP contribution in [0.5, 0.6) is 0 Å². The van der Waals surface area contributed by atoms with E-state index in [1.54, 1.807) is 6.92 Å². The normalized spacial score (nSPS) is 52.2. The lowest BCUT2D eigenvalue weighted by molar-refractivity contribution is -0.173. The molecule has 0 aromatic carbocycles. The van der Waals surface area contributed by atoms with Gasteiger partial charge < -0.3 is 14.6 Å². The van der Waals surface area contributed by atoms with E-state index in [0.29, 0.717) is 12.3 Å². The van der Waals surface area contributed by atoms with Gasteiger partial charge in [0.15, 0.2) is 0 Å². The molecule has 4 nitrogen and oxygen atoms in total. The Balaban J connectivity index is 1.47. The van der Waals surface area contributed by atoms with Gasteiger partial charge in [-0.05, 0) is 32.1 Å². The number of carboxylic acid groups (broad SMARTS) is 1. The van der Waals surface area contributed by atoms with Crippen molar-refractivity contribution in [2.75, 3.05) is 0 Å². The van der Waals surface area contributed by atoms with Gasteiger partial charge in [0.2, 0.25) is 11.6 Å². The smallest absolute Gasteiger partial charge is 0.315 e. The van der Waals surface area contributed by atoms with Crippen molar-refractivity contribution in [3.8, 4) is 0 Å². The maximum Gasteiger partial charge on any atom is 0.315 e. The molecule has 2 heterocycles. The summed E-state index contributed by atoms with van der Waals surface area (Å²) in [7, 11) is 0. The Hall–Kier alpha value is -0.610. The Morgan fingerprint density at radius 3 is 2.53 bits per heavy atom. The van der Waals surface area contributed by atoms with Gasteiger partial charge in [-0.3, -0.25) is 4.79 Å². The predicted molar refractivity (Wildman–Crippen MR) is 67.3 cm³/mol. The first kappa shape index (κ1) is 12.2. The molecule has 2 atom stereocenters. The molecule has 0 bridgehead atoms. The molecule has 2 saturated carbocycles. The topological polar surface area (TPSA) is 62.4 Å². The minimum atomic E-state index is -0.837. The molecule has 2 aliphatic carbocycles. The number of aliphatic carboxylic acids is 1. The highest BCUT2D eigenvalue weighted by Crippen LogP contribution is 2.82. The van der Waals surface area contributed by atoms with Gasteiger partial charge in [0.1, 0.15) is 5.41 Å². The number of ether oxygens (including phenoxy) is 2. The molecule has 4 rings (SSSR count). The molecule has 19 heavy (non-hydrogen) atoms. The zero-order valence-electron chi connectivity index (χ0n) is 11.5. The van der Waals surface area contributed by atoms with Crippen LogP contribution in [0.1, 0.15) is 58.3 Å². The van der Waals surface area contributed by atoms with Crippen LogP contribution in [0.25, 0.3) is 0 Å². The van der Waals surface area contributed by atoms with Crippen LogP contribution in [-0.2, 0) is 14.3 Å². The number of rotatable bonds is 3. The van der Waals surface area contributed by atoms with Crippen molar-refractivity contribution in [1.29, 1.82) is 0 Å². The van der Waals surface area contributed by atoms with Crippen LogP contribution < -0.4 is 0 Å². The molecule has 2 aliphatic heterocycles. The maximum absolute atomic E-state index is 11.5. The molecule has 2 unspecified atom stereocenters. The standard InChI is InChI=1S/C15H22O4/c1-13(12(16)17)8-7-11(14-15(13,18-14)19-14)9-10-5-3-2-4-6-10/h10-11H,2-9H2,1H3,(H,16,17). The van der Waals surface area contributed by atoms with Gasteiger partial charge in [-0.1, -0.05) is 32.1 Å². The van der Waals surface area contributed by atoms with E-state index in [1.165, 1.54) is 32.1 Å². The molecule has 4 heteroatoms. The fourth-order valence-corrected chi connectivity index (χ4v) is 4.59. The van der Waals surface area contributed by atoms with E-state index in [0.717, 1.165) is 18.8 Å². The molecular weight excluding hydrogens is 244 g/mol. The molecule has 0 aromatic rings. The fraction of sp³-hybridized carbons (Fsp3) is 0.933. The van der Waals surface area contributed by atoms with Crippen LogP contribution in [0.2, 0.25) is 0 Å². The van der Waals surface area contributed by atoms with Crippen LogP contribution in [0, 0.1) is 17.3 Å². The molecule has 0 radical (unpaired) electrons. The first-order chi connectivity index (χ1) is 9.04. The van der Waals surface area contributed by atoms with Gasteiger partial charge in [0.25, 0.3) is 0 Å². The van der Waals surface area contributed by atoms with Crippen molar-refractivity contribution in [2.45, 2.75) is 69.9 Å². The Labute approximate surface area is 113 Å². The number of carbonyl (C=O) groups is 1. The summed E-state index contributed by atoms with van der Waals surface area (Å²) in [5.74, 6) is -0.821. The van der Waals surface area contributed by atoms with E-state index in [9.17, 15) is 9.90 Å². The second-order valence-electron chi connectivity index (χ2n) is 7.10. The van der Waals surface area contributed by atoms with E-state index in [2.05, 4.69) is 0 Å². The third-order valence-corrected chi connectivity index (χ3v) is 6.04. The van der Waals surface area contributed by atoms with Crippen molar-refractivity contribution in [3.05, 3.63) is 0 Å². The average molecular weight is 266 g/mol. The summed E-state index contributed by atoms with van der Waals surface area (Å²) in [5, 5.41) is 9.43. The highest BCUT2D eigenvalue weighted by molar-refractivity contribution is 5.78. The van der Waals surface area contributed by atoms with E-state index >= 15 is 0 Å². The SMILES string of the molecule is CC1(C(=O)O)CCC(CC2CCCCC2)C23OC12O3. The lowest BCUT2D eigenvalue weighted by Gasteiger charge is -2.30. The fourth-order valence-electron chi connectivity index (χ4n) is 4.59. The quantitative estimate of drug-likeness (QED) is 0.798. The summed E-state index contributed by atoms with van der Waals surface area (Å²) >= 11 is 0. The van der Waals surface area contributed by atoms with Gasteiger partial charge >= 0.3 is 5.97 Å².